The number of rotatable bonds is 9. The number of carbonyl (C=O) groups excluding carboxylic acids is 1. The molecule has 4 aliphatic rings. The number of aromatic hydroxyl groups is 1. The van der Waals surface area contributed by atoms with Crippen LogP contribution < -0.4 is 34.9 Å². The molecule has 0 spiro atoms. The minimum atomic E-state index is -0.671. The van der Waals surface area contributed by atoms with Gasteiger partial charge in [-0.3, -0.25) is 14.6 Å². The maximum Gasteiger partial charge on any atom is 0.242 e. The molecule has 0 saturated carbocycles. The molecule has 6 atom stereocenters. The number of likely N-dealkylation sites (N-methyl/N-ethyl adjacent to an activating group) is 1. The summed E-state index contributed by atoms with van der Waals surface area (Å²) in [5, 5.41) is 32.4. The van der Waals surface area contributed by atoms with Crippen LogP contribution in [-0.2, 0) is 17.6 Å². The van der Waals surface area contributed by atoms with Crippen molar-refractivity contribution in [3.8, 4) is 34.8 Å². The van der Waals surface area contributed by atoms with E-state index in [0.29, 0.717) is 41.0 Å². The molecule has 4 N–H and O–H groups in total. The first-order valence-electron chi connectivity index (χ1n) is 17.5. The standard InChI is InChI=1S/C39H44N6O6S/c1-7-13-49-35-21(3)36-37(51-19-50-36)31-25(35)16-27-32-30-23(14-20(2)34(48-6)33(30)46)15-26(44(32)5)28(17-40)45(27)29(31)18-41-38(47)22(4)42-39(52)43-24-11-9-8-10-12-24/h7-12,14,22,26-29,32,46H,1,13,15-16,18-19H2,2-6H3,(H,41,47)(H2,42,43,52)/t22-,26-,27?,28?,29-,32+/m0/s1. The predicted molar refractivity (Wildman–Crippen MR) is 200 cm³/mol. The van der Waals surface area contributed by atoms with Gasteiger partial charge in [0.25, 0.3) is 0 Å². The van der Waals surface area contributed by atoms with Gasteiger partial charge in [0.2, 0.25) is 12.7 Å². The fourth-order valence-corrected chi connectivity index (χ4v) is 8.96. The number of para-hydroxylation sites is 1. The van der Waals surface area contributed by atoms with Crippen LogP contribution in [0.3, 0.4) is 0 Å². The van der Waals surface area contributed by atoms with E-state index in [9.17, 15) is 15.2 Å². The molecule has 1 amide bonds. The van der Waals surface area contributed by atoms with Crippen LogP contribution in [0.1, 0.15) is 52.4 Å². The number of nitriles is 1. The number of nitrogens with one attached hydrogen (secondary N) is 3. The highest BCUT2D eigenvalue weighted by Gasteiger charge is 2.56. The molecule has 3 aromatic carbocycles. The minimum absolute atomic E-state index is 0.0406. The van der Waals surface area contributed by atoms with Gasteiger partial charge < -0.3 is 40.0 Å². The number of phenols is 1. The SMILES string of the molecule is C=CCOc1c(C)c2c(c3c1CC1[C@@H]4c5c(cc(C)c(OC)c5O)C[C@@H](C(C#N)N1[C@H]3CNC(=O)[C@H](C)NC(=S)Nc1ccccc1)N4C)OCO2. The van der Waals surface area contributed by atoms with Gasteiger partial charge in [-0.05, 0) is 76.1 Å². The topological polar surface area (TPSA) is 141 Å². The molecule has 13 heteroatoms. The van der Waals surface area contributed by atoms with Crippen LogP contribution in [0.2, 0.25) is 0 Å². The number of fused-ring (bicyclic) bond motifs is 9. The number of anilines is 1. The number of nitrogens with zero attached hydrogens (tertiary/aromatic N) is 3. The number of ether oxygens (including phenoxy) is 4. The van der Waals surface area contributed by atoms with Crippen molar-refractivity contribution in [1.82, 2.24) is 20.4 Å². The Bertz CT molecular complexity index is 1970. The van der Waals surface area contributed by atoms with E-state index in [1.54, 1.807) is 20.1 Å². The Morgan fingerprint density at radius 1 is 1.17 bits per heavy atom. The Labute approximate surface area is 309 Å². The summed E-state index contributed by atoms with van der Waals surface area (Å²) in [5.41, 5.74) is 5.99. The van der Waals surface area contributed by atoms with E-state index < -0.39 is 18.1 Å². The van der Waals surface area contributed by atoms with Gasteiger partial charge in [0.15, 0.2) is 28.1 Å². The molecule has 0 aromatic heterocycles. The summed E-state index contributed by atoms with van der Waals surface area (Å²) in [4.78, 5) is 18.2. The average Bonchev–Trinajstić information content (AvgIpc) is 3.62. The second-order valence-corrected chi connectivity index (χ2v) is 14.2. The third kappa shape index (κ3) is 5.84. The Balaban J connectivity index is 1.31. The van der Waals surface area contributed by atoms with Gasteiger partial charge in [0, 0.05) is 46.6 Å². The van der Waals surface area contributed by atoms with Gasteiger partial charge in [0.1, 0.15) is 24.4 Å². The van der Waals surface area contributed by atoms with Crippen molar-refractivity contribution in [3.63, 3.8) is 0 Å². The number of methoxy groups -OCH3 is 1. The number of hydrogen-bond donors (Lipinski definition) is 4. The van der Waals surface area contributed by atoms with E-state index >= 15 is 0 Å². The number of aryl methyl sites for hydroxylation is 1. The van der Waals surface area contributed by atoms with E-state index in [4.69, 9.17) is 31.2 Å². The zero-order valence-electron chi connectivity index (χ0n) is 30.0. The van der Waals surface area contributed by atoms with Gasteiger partial charge in [-0.2, -0.15) is 5.26 Å². The molecule has 2 unspecified atom stereocenters. The zero-order valence-corrected chi connectivity index (χ0v) is 30.8. The number of phenolic OH excluding ortho intramolecular Hbond substituents is 1. The fraction of sp³-hybridized carbons (Fsp3) is 0.410. The number of amides is 1. The van der Waals surface area contributed by atoms with Crippen molar-refractivity contribution < 1.29 is 28.8 Å². The summed E-state index contributed by atoms with van der Waals surface area (Å²) in [5.74, 6) is 2.14. The average molecular weight is 725 g/mol. The van der Waals surface area contributed by atoms with Crippen molar-refractivity contribution >= 4 is 28.9 Å². The van der Waals surface area contributed by atoms with Crippen molar-refractivity contribution in [2.24, 2.45) is 0 Å². The number of thiocarbonyl (C=S) groups is 1. The van der Waals surface area contributed by atoms with Crippen molar-refractivity contribution in [3.05, 3.63) is 82.4 Å². The first-order valence-corrected chi connectivity index (χ1v) is 17.9. The Morgan fingerprint density at radius 3 is 2.63 bits per heavy atom. The van der Waals surface area contributed by atoms with E-state index in [1.165, 1.54) is 0 Å². The minimum Gasteiger partial charge on any atom is -0.504 e. The van der Waals surface area contributed by atoms with Crippen LogP contribution in [-0.4, -0.2) is 84.2 Å². The van der Waals surface area contributed by atoms with Crippen LogP contribution in [0.5, 0.6) is 28.7 Å². The molecule has 0 radical (unpaired) electrons. The summed E-state index contributed by atoms with van der Waals surface area (Å²) in [7, 11) is 3.59. The monoisotopic (exact) mass is 724 g/mol. The maximum atomic E-state index is 13.8. The van der Waals surface area contributed by atoms with Crippen LogP contribution in [0.15, 0.2) is 49.1 Å². The highest BCUT2D eigenvalue weighted by molar-refractivity contribution is 7.80. The quantitative estimate of drug-likeness (QED) is 0.182. The van der Waals surface area contributed by atoms with Crippen molar-refractivity contribution in [2.75, 3.05) is 39.4 Å². The summed E-state index contributed by atoms with van der Waals surface area (Å²) in [6.45, 7) is 9.96. The molecular formula is C39H44N6O6S. The van der Waals surface area contributed by atoms with E-state index in [1.807, 2.05) is 51.2 Å². The largest absolute Gasteiger partial charge is 0.504 e. The van der Waals surface area contributed by atoms with Gasteiger partial charge in [-0.1, -0.05) is 36.9 Å². The molecule has 3 aromatic rings. The number of hydrogen-bond acceptors (Lipinski definition) is 10. The molecule has 0 aliphatic carbocycles. The van der Waals surface area contributed by atoms with E-state index in [-0.39, 0.29) is 49.7 Å². The van der Waals surface area contributed by atoms with Crippen LogP contribution in [0.4, 0.5) is 5.69 Å². The molecule has 1 fully saturated rings. The lowest BCUT2D eigenvalue weighted by Gasteiger charge is -2.60. The molecular weight excluding hydrogens is 681 g/mol. The fourth-order valence-electron chi connectivity index (χ4n) is 8.67. The highest BCUT2D eigenvalue weighted by Crippen LogP contribution is 2.58. The van der Waals surface area contributed by atoms with E-state index in [0.717, 1.165) is 39.1 Å². The smallest absolute Gasteiger partial charge is 0.242 e. The second kappa shape index (κ2) is 14.2. The molecule has 272 valence electrons. The lowest BCUT2D eigenvalue weighted by Crippen LogP contribution is -2.69. The van der Waals surface area contributed by atoms with Crippen molar-refractivity contribution in [2.45, 2.75) is 69.9 Å². The summed E-state index contributed by atoms with van der Waals surface area (Å²) >= 11 is 5.51. The van der Waals surface area contributed by atoms with Crippen molar-refractivity contribution in [1.29, 1.82) is 5.26 Å². The first-order chi connectivity index (χ1) is 25.1. The molecule has 4 heterocycles. The normalized spacial score (nSPS) is 23.2. The Morgan fingerprint density at radius 2 is 1.92 bits per heavy atom. The third-order valence-electron chi connectivity index (χ3n) is 10.9. The molecule has 12 nitrogen and oxygen atoms in total. The maximum absolute atomic E-state index is 13.8. The van der Waals surface area contributed by atoms with Gasteiger partial charge in [0.05, 0.1) is 25.3 Å². The number of piperazine rings is 1. The summed E-state index contributed by atoms with van der Waals surface area (Å²) in [6.07, 6.45) is 2.74. The molecule has 2 bridgehead atoms. The van der Waals surface area contributed by atoms with Crippen LogP contribution in [0.25, 0.3) is 0 Å². The number of carbonyl (C=O) groups is 1. The molecule has 52 heavy (non-hydrogen) atoms. The molecule has 7 rings (SSSR count). The Hall–Kier alpha value is -5.03. The van der Waals surface area contributed by atoms with Gasteiger partial charge in [-0.15, -0.1) is 0 Å². The molecule has 4 aliphatic heterocycles. The van der Waals surface area contributed by atoms with Gasteiger partial charge in [-0.25, -0.2) is 0 Å². The second-order valence-electron chi connectivity index (χ2n) is 13.8. The highest BCUT2D eigenvalue weighted by atomic mass is 32.1. The van der Waals surface area contributed by atoms with E-state index in [2.05, 4.69) is 44.5 Å². The predicted octanol–water partition coefficient (Wildman–Crippen LogP) is 4.57. The lowest BCUT2D eigenvalue weighted by molar-refractivity contribution is -0.123. The third-order valence-corrected chi connectivity index (χ3v) is 11.1. The Kier molecular flexibility index (Phi) is 9.65. The lowest BCUT2D eigenvalue weighted by atomic mass is 9.71. The van der Waals surface area contributed by atoms with Gasteiger partial charge >= 0.3 is 0 Å². The summed E-state index contributed by atoms with van der Waals surface area (Å²) < 4.78 is 24.3. The summed E-state index contributed by atoms with van der Waals surface area (Å²) in [6, 6.07) is 11.7. The first kappa shape index (κ1) is 35.4. The number of benzene rings is 3. The van der Waals surface area contributed by atoms with Crippen LogP contribution in [0, 0.1) is 25.2 Å². The zero-order chi connectivity index (χ0) is 36.8. The van der Waals surface area contributed by atoms with Crippen LogP contribution >= 0.6 is 12.2 Å². The molecule has 1 saturated heterocycles.